The third-order valence-electron chi connectivity index (χ3n) is 3.54. The quantitative estimate of drug-likeness (QED) is 0.790. The van der Waals surface area contributed by atoms with E-state index < -0.39 is 10.0 Å². The van der Waals surface area contributed by atoms with Gasteiger partial charge in [0, 0.05) is 0 Å². The van der Waals surface area contributed by atoms with Gasteiger partial charge in [-0.1, -0.05) is 19.8 Å². The highest BCUT2D eigenvalue weighted by Gasteiger charge is 2.16. The van der Waals surface area contributed by atoms with Gasteiger partial charge in [0.15, 0.2) is 0 Å². The molecule has 102 valence electrons. The summed E-state index contributed by atoms with van der Waals surface area (Å²) in [5.74, 6) is 0.991. The molecule has 1 unspecified atom stereocenters. The second-order valence-electron chi connectivity index (χ2n) is 5.15. The van der Waals surface area contributed by atoms with E-state index in [-0.39, 0.29) is 5.75 Å². The normalized spacial score (nSPS) is 23.5. The first-order valence-corrected chi connectivity index (χ1v) is 8.45. The van der Waals surface area contributed by atoms with E-state index in [1.54, 1.807) is 0 Å². The lowest BCUT2D eigenvalue weighted by Crippen LogP contribution is -2.28. The van der Waals surface area contributed by atoms with E-state index in [0.29, 0.717) is 6.42 Å². The van der Waals surface area contributed by atoms with Crippen LogP contribution in [0.3, 0.4) is 0 Å². The average Bonchev–Trinajstić information content (AvgIpc) is 2.43. The second kappa shape index (κ2) is 7.34. The first-order valence-electron chi connectivity index (χ1n) is 6.74. The summed E-state index contributed by atoms with van der Waals surface area (Å²) in [5, 5.41) is 5.00. The van der Waals surface area contributed by atoms with Crippen molar-refractivity contribution >= 4 is 10.0 Å². The van der Waals surface area contributed by atoms with E-state index in [1.807, 2.05) is 0 Å². The Morgan fingerprint density at radius 2 is 2.06 bits per heavy atom. The molecule has 1 aliphatic heterocycles. The Morgan fingerprint density at radius 1 is 1.29 bits per heavy atom. The predicted molar refractivity (Wildman–Crippen MR) is 71.3 cm³/mol. The van der Waals surface area contributed by atoms with Crippen molar-refractivity contribution in [2.45, 2.75) is 45.4 Å². The minimum absolute atomic E-state index is 0.113. The fraction of sp³-hybridized carbons (Fsp3) is 1.00. The van der Waals surface area contributed by atoms with Crippen LogP contribution in [0.5, 0.6) is 0 Å². The van der Waals surface area contributed by atoms with E-state index in [4.69, 9.17) is 5.14 Å². The molecule has 17 heavy (non-hydrogen) atoms. The van der Waals surface area contributed by atoms with Gasteiger partial charge in [0.05, 0.1) is 5.75 Å². The summed E-state index contributed by atoms with van der Waals surface area (Å²) >= 11 is 0. The largest absolute Gasteiger partial charge is 0.303 e. The summed E-state index contributed by atoms with van der Waals surface area (Å²) in [6.07, 6.45) is 7.13. The van der Waals surface area contributed by atoms with Gasteiger partial charge in [-0.15, -0.1) is 0 Å². The summed E-state index contributed by atoms with van der Waals surface area (Å²) in [7, 11) is -3.28. The summed E-state index contributed by atoms with van der Waals surface area (Å²) in [5.41, 5.74) is 0. The highest BCUT2D eigenvalue weighted by atomic mass is 32.2. The molecule has 0 aromatic heterocycles. The number of hydrogen-bond donors (Lipinski definition) is 1. The van der Waals surface area contributed by atoms with Gasteiger partial charge in [-0.25, -0.2) is 13.6 Å². The van der Waals surface area contributed by atoms with Crippen LogP contribution in [0.15, 0.2) is 0 Å². The molecule has 5 heteroatoms. The lowest BCUT2D eigenvalue weighted by atomic mass is 9.96. The van der Waals surface area contributed by atoms with Crippen LogP contribution < -0.4 is 5.14 Å². The van der Waals surface area contributed by atoms with Crippen LogP contribution in [0.1, 0.15) is 45.4 Å². The molecule has 0 aliphatic carbocycles. The molecule has 0 aromatic carbocycles. The van der Waals surface area contributed by atoms with Crippen molar-refractivity contribution < 1.29 is 8.42 Å². The Labute approximate surface area is 106 Å². The van der Waals surface area contributed by atoms with E-state index in [0.717, 1.165) is 25.6 Å². The lowest BCUT2D eigenvalue weighted by Gasteiger charge is -2.19. The van der Waals surface area contributed by atoms with Crippen molar-refractivity contribution in [3.05, 3.63) is 0 Å². The van der Waals surface area contributed by atoms with Crippen molar-refractivity contribution in [1.82, 2.24) is 4.90 Å². The molecule has 0 spiro atoms. The number of nitrogens with two attached hydrogens (primary N) is 1. The van der Waals surface area contributed by atoms with Crippen LogP contribution >= 0.6 is 0 Å². The predicted octanol–water partition coefficient (Wildman–Crippen LogP) is 1.57. The van der Waals surface area contributed by atoms with Gasteiger partial charge in [-0.2, -0.15) is 0 Å². The molecule has 0 saturated carbocycles. The summed E-state index contributed by atoms with van der Waals surface area (Å²) in [6.45, 7) is 5.35. The molecule has 0 amide bonds. The topological polar surface area (TPSA) is 63.4 Å². The van der Waals surface area contributed by atoms with Gasteiger partial charge in [-0.3, -0.25) is 0 Å². The van der Waals surface area contributed by atoms with Crippen molar-refractivity contribution in [3.8, 4) is 0 Å². The van der Waals surface area contributed by atoms with Crippen molar-refractivity contribution in [1.29, 1.82) is 0 Å². The van der Waals surface area contributed by atoms with Crippen molar-refractivity contribution in [2.24, 2.45) is 11.1 Å². The van der Waals surface area contributed by atoms with Gasteiger partial charge in [0.25, 0.3) is 0 Å². The van der Waals surface area contributed by atoms with Crippen molar-refractivity contribution in [3.63, 3.8) is 0 Å². The van der Waals surface area contributed by atoms with Crippen LogP contribution in [0, 0.1) is 5.92 Å². The third-order valence-corrected chi connectivity index (χ3v) is 4.40. The highest BCUT2D eigenvalue weighted by Crippen LogP contribution is 2.21. The van der Waals surface area contributed by atoms with E-state index in [1.165, 1.54) is 32.1 Å². The van der Waals surface area contributed by atoms with Crippen LogP contribution in [0.25, 0.3) is 0 Å². The van der Waals surface area contributed by atoms with Gasteiger partial charge < -0.3 is 4.90 Å². The Hall–Kier alpha value is -0.130. The Bertz CT molecular complexity index is 304. The number of primary sulfonamides is 1. The summed E-state index contributed by atoms with van der Waals surface area (Å²) in [6, 6.07) is 0. The van der Waals surface area contributed by atoms with Gasteiger partial charge >= 0.3 is 0 Å². The third kappa shape index (κ3) is 7.01. The number of hydrogen-bond acceptors (Lipinski definition) is 3. The number of nitrogens with zero attached hydrogens (tertiary/aromatic N) is 1. The fourth-order valence-corrected chi connectivity index (χ4v) is 3.17. The minimum atomic E-state index is -3.28. The SMILES string of the molecule is CCCC1CCCN(CCCS(N)(=O)=O)CC1. The smallest absolute Gasteiger partial charge is 0.209 e. The first kappa shape index (κ1) is 14.9. The Balaban J connectivity index is 2.22. The molecule has 1 rings (SSSR count). The molecule has 2 N–H and O–H groups in total. The minimum Gasteiger partial charge on any atom is -0.303 e. The molecule has 1 heterocycles. The maximum Gasteiger partial charge on any atom is 0.209 e. The molecular weight excluding hydrogens is 236 g/mol. The molecule has 1 fully saturated rings. The van der Waals surface area contributed by atoms with E-state index in [2.05, 4.69) is 11.8 Å². The maximum absolute atomic E-state index is 10.8. The molecule has 4 nitrogen and oxygen atoms in total. The average molecular weight is 262 g/mol. The number of rotatable bonds is 6. The van der Waals surface area contributed by atoms with Crippen LogP contribution in [0.2, 0.25) is 0 Å². The summed E-state index contributed by atoms with van der Waals surface area (Å²) in [4.78, 5) is 2.39. The zero-order valence-electron chi connectivity index (χ0n) is 10.9. The van der Waals surface area contributed by atoms with Gasteiger partial charge in [0.2, 0.25) is 10.0 Å². The molecule has 0 aromatic rings. The number of sulfonamides is 1. The zero-order chi connectivity index (χ0) is 12.7. The van der Waals surface area contributed by atoms with E-state index in [9.17, 15) is 8.42 Å². The molecule has 1 atom stereocenters. The number of likely N-dealkylation sites (tertiary alicyclic amines) is 1. The second-order valence-corrected chi connectivity index (χ2v) is 6.88. The zero-order valence-corrected chi connectivity index (χ0v) is 11.7. The van der Waals surface area contributed by atoms with Crippen molar-refractivity contribution in [2.75, 3.05) is 25.4 Å². The van der Waals surface area contributed by atoms with E-state index >= 15 is 0 Å². The fourth-order valence-electron chi connectivity index (χ4n) is 2.63. The molecule has 1 saturated heterocycles. The van der Waals surface area contributed by atoms with Gasteiger partial charge in [-0.05, 0) is 51.2 Å². The Morgan fingerprint density at radius 3 is 2.71 bits per heavy atom. The first-order chi connectivity index (χ1) is 8.01. The van der Waals surface area contributed by atoms with Gasteiger partial charge in [0.1, 0.15) is 0 Å². The molecule has 0 bridgehead atoms. The summed E-state index contributed by atoms with van der Waals surface area (Å²) < 4.78 is 21.7. The maximum atomic E-state index is 10.8. The molecular formula is C12H26N2O2S. The van der Waals surface area contributed by atoms with Crippen LogP contribution in [-0.2, 0) is 10.0 Å². The van der Waals surface area contributed by atoms with Crippen LogP contribution in [-0.4, -0.2) is 38.7 Å². The molecule has 0 radical (unpaired) electrons. The highest BCUT2D eigenvalue weighted by molar-refractivity contribution is 7.89. The monoisotopic (exact) mass is 262 g/mol. The standard InChI is InChI=1S/C12H26N2O2S/c1-2-5-12-6-3-8-14(10-7-12)9-4-11-17(13,15)16/h12H,2-11H2,1H3,(H2,13,15,16). The Kier molecular flexibility index (Phi) is 6.44. The van der Waals surface area contributed by atoms with Crippen LogP contribution in [0.4, 0.5) is 0 Å². The lowest BCUT2D eigenvalue weighted by molar-refractivity contribution is 0.280. The molecule has 1 aliphatic rings.